The lowest BCUT2D eigenvalue weighted by Gasteiger charge is -2.47. The molecular weight excluding hydrogens is 472 g/mol. The third kappa shape index (κ3) is 9.30. The number of terminal acetylenes is 1. The van der Waals surface area contributed by atoms with Gasteiger partial charge in [0, 0.05) is 17.8 Å². The molecule has 0 radical (unpaired) electrons. The first kappa shape index (κ1) is 30.1. The zero-order valence-electron chi connectivity index (χ0n) is 18.9. The number of carbonyl (C=O) groups is 3. The van der Waals surface area contributed by atoms with E-state index in [1.54, 1.807) is 0 Å². The largest absolute Gasteiger partial charge is 0.481 e. The van der Waals surface area contributed by atoms with E-state index >= 15 is 0 Å². The lowest BCUT2D eigenvalue weighted by molar-refractivity contribution is -0.313. The van der Waals surface area contributed by atoms with Gasteiger partial charge in [0.25, 0.3) is 5.79 Å². The Balaban J connectivity index is 3.23. The topological polar surface area (TPSA) is 241 Å². The number of carboxylic acids is 2. The molecule has 6 N–H and O–H groups in total. The monoisotopic (exact) mass is 502 g/mol. The van der Waals surface area contributed by atoms with Crippen molar-refractivity contribution in [1.29, 1.82) is 0 Å². The summed E-state index contributed by atoms with van der Waals surface area (Å²) in [5, 5.41) is 54.2. The Kier molecular flexibility index (Phi) is 13.0. The normalized spacial score (nSPS) is 25.5. The minimum absolute atomic E-state index is 0.0633. The predicted molar refractivity (Wildman–Crippen MR) is 116 cm³/mol. The molecule has 0 bridgehead atoms. The van der Waals surface area contributed by atoms with Crippen molar-refractivity contribution in [1.82, 2.24) is 5.32 Å². The zero-order chi connectivity index (χ0) is 26.4. The highest BCUT2D eigenvalue weighted by Crippen LogP contribution is 2.35. The first-order valence-electron chi connectivity index (χ1n) is 10.7. The molecule has 6 atom stereocenters. The van der Waals surface area contributed by atoms with Gasteiger partial charge in [0.05, 0.1) is 31.4 Å². The average Bonchev–Trinajstić information content (AvgIpc) is 2.83. The van der Waals surface area contributed by atoms with E-state index in [1.165, 1.54) is 0 Å². The SMILES string of the molecule is C#CCO[C@H]1C[C@](OCCCCCC(=O)O)(C(=O)O)O[C@@H]([C@H](O)[C@H](O)CN=[N+]=[N-])[C@@H]1NC(=O)CO. The number of carbonyl (C=O) groups excluding carboxylic acids is 1. The molecule has 0 spiro atoms. The number of carboxylic acid groups (broad SMARTS) is 2. The number of azide groups is 1. The van der Waals surface area contributed by atoms with Gasteiger partial charge in [-0.05, 0) is 18.4 Å². The van der Waals surface area contributed by atoms with E-state index in [9.17, 15) is 29.7 Å². The average molecular weight is 502 g/mol. The number of aliphatic carboxylic acids is 2. The Hall–Kier alpha value is -2.96. The van der Waals surface area contributed by atoms with Gasteiger partial charge in [0.1, 0.15) is 25.4 Å². The number of amides is 1. The van der Waals surface area contributed by atoms with E-state index in [-0.39, 0.29) is 19.6 Å². The van der Waals surface area contributed by atoms with Gasteiger partial charge in [-0.1, -0.05) is 17.5 Å². The van der Waals surface area contributed by atoms with Crippen LogP contribution in [0.2, 0.25) is 0 Å². The lowest BCUT2D eigenvalue weighted by Crippen LogP contribution is -2.68. The molecule has 0 aliphatic carbocycles. The second-order valence-corrected chi connectivity index (χ2v) is 7.67. The number of aliphatic hydroxyl groups is 3. The van der Waals surface area contributed by atoms with Crippen molar-refractivity contribution in [2.45, 2.75) is 68.3 Å². The number of nitrogens with zero attached hydrogens (tertiary/aromatic N) is 3. The summed E-state index contributed by atoms with van der Waals surface area (Å²) in [7, 11) is 0. The van der Waals surface area contributed by atoms with Gasteiger partial charge in [-0.3, -0.25) is 9.59 Å². The van der Waals surface area contributed by atoms with Crippen LogP contribution < -0.4 is 5.32 Å². The van der Waals surface area contributed by atoms with Crippen LogP contribution in [0.3, 0.4) is 0 Å². The minimum Gasteiger partial charge on any atom is -0.481 e. The smallest absolute Gasteiger partial charge is 0.364 e. The molecule has 1 heterocycles. The van der Waals surface area contributed by atoms with Crippen LogP contribution >= 0.6 is 0 Å². The van der Waals surface area contributed by atoms with Gasteiger partial charge in [0.2, 0.25) is 5.91 Å². The van der Waals surface area contributed by atoms with Crippen LogP contribution in [0, 0.1) is 12.3 Å². The highest BCUT2D eigenvalue weighted by molar-refractivity contribution is 5.78. The van der Waals surface area contributed by atoms with Crippen LogP contribution in [-0.4, -0.2) is 106 Å². The van der Waals surface area contributed by atoms with Crippen LogP contribution in [0.15, 0.2) is 5.11 Å². The first-order valence-corrected chi connectivity index (χ1v) is 10.7. The molecule has 0 aromatic rings. The molecule has 1 rings (SSSR count). The summed E-state index contributed by atoms with van der Waals surface area (Å²) in [5.41, 5.74) is 8.47. The van der Waals surface area contributed by atoms with E-state index in [2.05, 4.69) is 21.3 Å². The maximum absolute atomic E-state index is 12.2. The molecule has 1 amide bonds. The molecule has 0 saturated carbocycles. The van der Waals surface area contributed by atoms with Crippen LogP contribution in [0.1, 0.15) is 32.1 Å². The predicted octanol–water partition coefficient (Wildman–Crippen LogP) is -1.25. The Morgan fingerprint density at radius 2 is 2.00 bits per heavy atom. The molecule has 35 heavy (non-hydrogen) atoms. The quantitative estimate of drug-likeness (QED) is 0.0478. The van der Waals surface area contributed by atoms with Crippen LogP contribution in [-0.2, 0) is 28.6 Å². The highest BCUT2D eigenvalue weighted by Gasteiger charge is 2.56. The fourth-order valence-electron chi connectivity index (χ4n) is 3.48. The minimum atomic E-state index is -2.39. The molecule has 0 aromatic carbocycles. The zero-order valence-corrected chi connectivity index (χ0v) is 18.9. The van der Waals surface area contributed by atoms with E-state index in [0.717, 1.165) is 0 Å². The van der Waals surface area contributed by atoms with Gasteiger partial charge in [-0.2, -0.15) is 0 Å². The molecule has 0 aromatic heterocycles. The van der Waals surface area contributed by atoms with E-state index in [1.807, 2.05) is 0 Å². The summed E-state index contributed by atoms with van der Waals surface area (Å²) >= 11 is 0. The summed E-state index contributed by atoms with van der Waals surface area (Å²) < 4.78 is 16.7. The van der Waals surface area contributed by atoms with Gasteiger partial charge in [0.15, 0.2) is 0 Å². The third-order valence-corrected chi connectivity index (χ3v) is 5.16. The summed E-state index contributed by atoms with van der Waals surface area (Å²) in [6.45, 7) is -2.02. The maximum atomic E-state index is 12.2. The number of ether oxygens (including phenoxy) is 3. The Morgan fingerprint density at radius 3 is 2.57 bits per heavy atom. The van der Waals surface area contributed by atoms with Crippen molar-refractivity contribution in [2.24, 2.45) is 5.11 Å². The van der Waals surface area contributed by atoms with Gasteiger partial charge in [-0.25, -0.2) is 4.79 Å². The molecule has 15 nitrogen and oxygen atoms in total. The fraction of sp³-hybridized carbons (Fsp3) is 0.750. The van der Waals surface area contributed by atoms with Crippen molar-refractivity contribution in [3.05, 3.63) is 10.4 Å². The second kappa shape index (κ2) is 15.1. The van der Waals surface area contributed by atoms with Gasteiger partial charge < -0.3 is 45.1 Å². The van der Waals surface area contributed by atoms with Crippen LogP contribution in [0.4, 0.5) is 0 Å². The fourth-order valence-corrected chi connectivity index (χ4v) is 3.48. The van der Waals surface area contributed by atoms with Crippen LogP contribution in [0.25, 0.3) is 10.4 Å². The van der Waals surface area contributed by atoms with Gasteiger partial charge >= 0.3 is 11.9 Å². The number of unbranched alkanes of at least 4 members (excludes halogenated alkanes) is 2. The number of rotatable bonds is 16. The summed E-state index contributed by atoms with van der Waals surface area (Å²) in [4.78, 5) is 37.2. The van der Waals surface area contributed by atoms with E-state index in [4.69, 9.17) is 36.4 Å². The Bertz CT molecular complexity index is 813. The van der Waals surface area contributed by atoms with Crippen molar-refractivity contribution < 1.29 is 54.1 Å². The lowest BCUT2D eigenvalue weighted by atomic mass is 9.88. The van der Waals surface area contributed by atoms with Crippen molar-refractivity contribution in [2.75, 3.05) is 26.4 Å². The number of hydrogen-bond acceptors (Lipinski definition) is 10. The molecular formula is C20H30N4O11. The highest BCUT2D eigenvalue weighted by atomic mass is 16.7. The maximum Gasteiger partial charge on any atom is 0.364 e. The third-order valence-electron chi connectivity index (χ3n) is 5.16. The van der Waals surface area contributed by atoms with Crippen molar-refractivity contribution in [3.63, 3.8) is 0 Å². The summed E-state index contributed by atoms with van der Waals surface area (Å²) in [6, 6.07) is -1.29. The number of nitrogens with one attached hydrogen (secondary N) is 1. The first-order chi connectivity index (χ1) is 16.6. The molecule has 1 fully saturated rings. The molecule has 1 aliphatic rings. The molecule has 1 aliphatic heterocycles. The van der Waals surface area contributed by atoms with E-state index in [0.29, 0.717) is 19.3 Å². The summed E-state index contributed by atoms with van der Waals surface area (Å²) in [6.07, 6.45) is -0.745. The Labute approximate surface area is 200 Å². The van der Waals surface area contributed by atoms with Gasteiger partial charge in [-0.15, -0.1) is 6.42 Å². The summed E-state index contributed by atoms with van der Waals surface area (Å²) in [5.74, 6) is -3.66. The molecule has 0 unspecified atom stereocenters. The van der Waals surface area contributed by atoms with Crippen molar-refractivity contribution >= 4 is 17.8 Å². The molecule has 15 heteroatoms. The van der Waals surface area contributed by atoms with E-state index < -0.39 is 73.7 Å². The Morgan fingerprint density at radius 1 is 1.29 bits per heavy atom. The molecule has 196 valence electrons. The number of hydrogen-bond donors (Lipinski definition) is 6. The molecule has 1 saturated heterocycles. The number of aliphatic hydroxyl groups excluding tert-OH is 3. The van der Waals surface area contributed by atoms with Crippen LogP contribution in [0.5, 0.6) is 0 Å². The second-order valence-electron chi connectivity index (χ2n) is 7.67. The standard InChI is InChI=1S/C20H30N4O11/c1-2-7-33-13-9-20(19(31)32,34-8-5-3-4-6-15(28)29)35-18(16(13)23-14(27)11-25)17(30)12(26)10-22-24-21/h1,12-13,16-18,25-26,30H,3-11H2,(H,23,27)(H,28,29)(H,31,32)/t12-,13+,16-,17-,18-,20-/m1/s1. The van der Waals surface area contributed by atoms with Crippen molar-refractivity contribution in [3.8, 4) is 12.3 Å².